The van der Waals surface area contributed by atoms with E-state index in [9.17, 15) is 8.42 Å². The summed E-state index contributed by atoms with van der Waals surface area (Å²) in [7, 11) is -3.79. The Morgan fingerprint density at radius 3 is 2.47 bits per heavy atom. The maximum Gasteiger partial charge on any atom is 0.272 e. The predicted octanol–water partition coefficient (Wildman–Crippen LogP) is 0.520. The molecule has 0 saturated carbocycles. The summed E-state index contributed by atoms with van der Waals surface area (Å²) in [5, 5.41) is 4.87. The summed E-state index contributed by atoms with van der Waals surface area (Å²) in [6, 6.07) is 9.01. The van der Waals surface area contributed by atoms with E-state index in [1.807, 2.05) is 18.2 Å². The maximum atomic E-state index is 11.2. The van der Waals surface area contributed by atoms with Gasteiger partial charge < -0.3 is 0 Å². The van der Waals surface area contributed by atoms with E-state index in [1.165, 1.54) is 10.8 Å². The molecule has 2 aromatic rings. The smallest absolute Gasteiger partial charge is 0.272 e. The van der Waals surface area contributed by atoms with Gasteiger partial charge in [0.25, 0.3) is 10.0 Å². The molecule has 78 valence electrons. The molecule has 0 atom stereocenters. The quantitative estimate of drug-likeness (QED) is 0.806. The maximum absolute atomic E-state index is 11.2. The van der Waals surface area contributed by atoms with Gasteiger partial charge in [-0.05, 0) is 12.1 Å². The van der Waals surface area contributed by atoms with E-state index < -0.39 is 10.0 Å². The van der Waals surface area contributed by atoms with Crippen molar-refractivity contribution in [3.63, 3.8) is 0 Å². The highest BCUT2D eigenvalue weighted by Crippen LogP contribution is 2.12. The molecule has 5 nitrogen and oxygen atoms in total. The van der Waals surface area contributed by atoms with E-state index >= 15 is 0 Å². The number of nitrogens with two attached hydrogens (primary N) is 1. The summed E-state index contributed by atoms with van der Waals surface area (Å²) < 4.78 is 23.8. The molecule has 0 aliphatic heterocycles. The molecule has 0 spiro atoms. The summed E-state index contributed by atoms with van der Waals surface area (Å²) in [5.74, 6) is 0. The molecule has 1 heterocycles. The lowest BCUT2D eigenvalue weighted by atomic mass is 10.3. The van der Waals surface area contributed by atoms with E-state index in [0.717, 1.165) is 0 Å². The van der Waals surface area contributed by atoms with Gasteiger partial charge in [-0.25, -0.2) is 18.5 Å². The zero-order valence-corrected chi connectivity index (χ0v) is 8.55. The van der Waals surface area contributed by atoms with Crippen LogP contribution in [-0.4, -0.2) is 18.0 Å². The summed E-state index contributed by atoms with van der Waals surface area (Å²) in [5.41, 5.74) is 0.707. The first kappa shape index (κ1) is 9.88. The van der Waals surface area contributed by atoms with Crippen LogP contribution in [0.3, 0.4) is 0 Å². The number of para-hydroxylation sites is 1. The minimum absolute atomic E-state index is 0.159. The SMILES string of the molecule is NS(=O)(=O)c1nccn1-c1ccccc1. The van der Waals surface area contributed by atoms with Crippen molar-refractivity contribution in [1.29, 1.82) is 0 Å². The third kappa shape index (κ3) is 1.90. The number of sulfonamides is 1. The van der Waals surface area contributed by atoms with Crippen LogP contribution in [0.15, 0.2) is 47.9 Å². The Bertz CT molecular complexity index is 560. The minimum atomic E-state index is -3.79. The molecule has 1 aromatic carbocycles. The number of primary sulfonamides is 1. The summed E-state index contributed by atoms with van der Waals surface area (Å²) in [4.78, 5) is 3.71. The van der Waals surface area contributed by atoms with Crippen LogP contribution in [-0.2, 0) is 10.0 Å². The monoisotopic (exact) mass is 223 g/mol. The number of imidazole rings is 1. The zero-order valence-electron chi connectivity index (χ0n) is 7.74. The van der Waals surface area contributed by atoms with Crippen LogP contribution in [0.2, 0.25) is 0 Å². The van der Waals surface area contributed by atoms with E-state index in [0.29, 0.717) is 5.69 Å². The number of nitrogens with zero attached hydrogens (tertiary/aromatic N) is 2. The van der Waals surface area contributed by atoms with Gasteiger partial charge in [0, 0.05) is 18.1 Å². The molecule has 0 radical (unpaired) electrons. The van der Waals surface area contributed by atoms with Gasteiger partial charge in [-0.15, -0.1) is 0 Å². The first-order valence-electron chi connectivity index (χ1n) is 4.20. The Balaban J connectivity index is 2.61. The standard InChI is InChI=1S/C9H9N3O2S/c10-15(13,14)9-11-6-7-12(9)8-4-2-1-3-5-8/h1-7H,(H2,10,13,14). The van der Waals surface area contributed by atoms with E-state index in [1.54, 1.807) is 18.3 Å². The van der Waals surface area contributed by atoms with Gasteiger partial charge in [0.1, 0.15) is 0 Å². The normalized spacial score (nSPS) is 11.5. The second kappa shape index (κ2) is 3.48. The molecule has 0 aliphatic rings. The van der Waals surface area contributed by atoms with Gasteiger partial charge in [0.2, 0.25) is 5.16 Å². The van der Waals surface area contributed by atoms with Gasteiger partial charge in [-0.3, -0.25) is 4.57 Å². The fraction of sp³-hybridized carbons (Fsp3) is 0. The van der Waals surface area contributed by atoms with Gasteiger partial charge in [-0.2, -0.15) is 0 Å². The van der Waals surface area contributed by atoms with Crippen molar-refractivity contribution < 1.29 is 8.42 Å². The van der Waals surface area contributed by atoms with Gasteiger partial charge in [-0.1, -0.05) is 18.2 Å². The highest BCUT2D eigenvalue weighted by atomic mass is 32.2. The van der Waals surface area contributed by atoms with Crippen molar-refractivity contribution in [2.45, 2.75) is 5.16 Å². The van der Waals surface area contributed by atoms with Gasteiger partial charge in [0.05, 0.1) is 0 Å². The Morgan fingerprint density at radius 1 is 1.20 bits per heavy atom. The summed E-state index contributed by atoms with van der Waals surface area (Å²) >= 11 is 0. The second-order valence-corrected chi connectivity index (χ2v) is 4.42. The van der Waals surface area contributed by atoms with Crippen LogP contribution >= 0.6 is 0 Å². The summed E-state index contributed by atoms with van der Waals surface area (Å²) in [6.07, 6.45) is 2.95. The van der Waals surface area contributed by atoms with Crippen LogP contribution in [0.1, 0.15) is 0 Å². The van der Waals surface area contributed by atoms with Gasteiger partial charge in [0.15, 0.2) is 0 Å². The average molecular weight is 223 g/mol. The van der Waals surface area contributed by atoms with E-state index in [2.05, 4.69) is 4.98 Å². The number of rotatable bonds is 2. The number of aromatic nitrogens is 2. The molecule has 1 aromatic heterocycles. The van der Waals surface area contributed by atoms with Crippen LogP contribution in [0.25, 0.3) is 5.69 Å². The van der Waals surface area contributed by atoms with Crippen molar-refractivity contribution in [3.05, 3.63) is 42.7 Å². The Labute approximate surface area is 87.2 Å². The first-order chi connectivity index (χ1) is 7.09. The van der Waals surface area contributed by atoms with Crippen LogP contribution in [0, 0.1) is 0 Å². The van der Waals surface area contributed by atoms with Crippen molar-refractivity contribution >= 4 is 10.0 Å². The van der Waals surface area contributed by atoms with Crippen molar-refractivity contribution in [3.8, 4) is 5.69 Å². The molecular weight excluding hydrogens is 214 g/mol. The fourth-order valence-corrected chi connectivity index (χ4v) is 1.93. The Hall–Kier alpha value is -1.66. The molecular formula is C9H9N3O2S. The molecule has 0 saturated heterocycles. The van der Waals surface area contributed by atoms with Crippen molar-refractivity contribution in [1.82, 2.24) is 9.55 Å². The molecule has 0 amide bonds. The molecule has 0 unspecified atom stereocenters. The largest absolute Gasteiger partial charge is 0.290 e. The van der Waals surface area contributed by atoms with Crippen LogP contribution in [0.5, 0.6) is 0 Å². The zero-order chi connectivity index (χ0) is 10.9. The van der Waals surface area contributed by atoms with E-state index in [4.69, 9.17) is 5.14 Å². The molecule has 0 fully saturated rings. The Kier molecular flexibility index (Phi) is 2.29. The van der Waals surface area contributed by atoms with Gasteiger partial charge >= 0.3 is 0 Å². The molecule has 0 aliphatic carbocycles. The average Bonchev–Trinajstić information content (AvgIpc) is 2.67. The van der Waals surface area contributed by atoms with Crippen LogP contribution in [0.4, 0.5) is 0 Å². The molecule has 2 rings (SSSR count). The fourth-order valence-electron chi connectivity index (χ4n) is 1.29. The first-order valence-corrected chi connectivity index (χ1v) is 5.75. The lowest BCUT2D eigenvalue weighted by Gasteiger charge is -2.04. The molecule has 0 bridgehead atoms. The number of hydrogen-bond acceptors (Lipinski definition) is 3. The Morgan fingerprint density at radius 2 is 1.87 bits per heavy atom. The molecule has 15 heavy (non-hydrogen) atoms. The van der Waals surface area contributed by atoms with Crippen molar-refractivity contribution in [2.75, 3.05) is 0 Å². The van der Waals surface area contributed by atoms with Crippen LogP contribution < -0.4 is 5.14 Å². The van der Waals surface area contributed by atoms with E-state index in [-0.39, 0.29) is 5.16 Å². The second-order valence-electron chi connectivity index (χ2n) is 2.96. The third-order valence-corrected chi connectivity index (χ3v) is 2.71. The lowest BCUT2D eigenvalue weighted by molar-refractivity contribution is 0.586. The lowest BCUT2D eigenvalue weighted by Crippen LogP contribution is -2.17. The third-order valence-electron chi connectivity index (χ3n) is 1.90. The number of benzene rings is 1. The highest BCUT2D eigenvalue weighted by molar-refractivity contribution is 7.89. The topological polar surface area (TPSA) is 78.0 Å². The number of hydrogen-bond donors (Lipinski definition) is 1. The molecule has 2 N–H and O–H groups in total. The highest BCUT2D eigenvalue weighted by Gasteiger charge is 2.15. The molecule has 6 heteroatoms. The predicted molar refractivity (Wildman–Crippen MR) is 54.9 cm³/mol. The van der Waals surface area contributed by atoms with Crippen molar-refractivity contribution in [2.24, 2.45) is 5.14 Å². The summed E-state index contributed by atoms with van der Waals surface area (Å²) in [6.45, 7) is 0. The minimum Gasteiger partial charge on any atom is -0.290 e.